The molecule has 0 bridgehead atoms. The van der Waals surface area contributed by atoms with Crippen LogP contribution in [0.15, 0.2) is 0 Å². The molecule has 0 saturated carbocycles. The molecule has 2 amide bonds. The zero-order chi connectivity index (χ0) is 18.0. The highest BCUT2D eigenvalue weighted by atomic mass is 16.2. The third-order valence-electron chi connectivity index (χ3n) is 3.09. The maximum absolute atomic E-state index is 11.8. The van der Waals surface area contributed by atoms with Gasteiger partial charge in [0.1, 0.15) is 0 Å². The van der Waals surface area contributed by atoms with Crippen LogP contribution in [0, 0.1) is 45.3 Å². The Labute approximate surface area is 142 Å². The SMILES string of the molecule is N#CCCN(CCC#N)CNC(=O)NCN(CCC#N)CCC#N. The van der Waals surface area contributed by atoms with E-state index in [0.717, 1.165) is 0 Å². The summed E-state index contributed by atoms with van der Waals surface area (Å²) in [5.74, 6) is 0. The van der Waals surface area contributed by atoms with Crippen molar-refractivity contribution in [3.05, 3.63) is 0 Å². The standard InChI is InChI=1S/C15H22N8O/c16-5-1-9-22(10-2-6-17)13-20-15(24)21-14-23(11-3-7-18)12-4-8-19/h1-4,9-14H2,(H2,20,21,24). The van der Waals surface area contributed by atoms with Crippen LogP contribution in [0.3, 0.4) is 0 Å². The van der Waals surface area contributed by atoms with E-state index < -0.39 is 0 Å². The summed E-state index contributed by atoms with van der Waals surface area (Å²) in [4.78, 5) is 15.4. The van der Waals surface area contributed by atoms with Crippen LogP contribution in [0.25, 0.3) is 0 Å². The van der Waals surface area contributed by atoms with Gasteiger partial charge in [-0.3, -0.25) is 9.80 Å². The Kier molecular flexibility index (Phi) is 13.3. The number of rotatable bonds is 12. The topological polar surface area (TPSA) is 143 Å². The number of carbonyl (C=O) groups is 1. The minimum Gasteiger partial charge on any atom is -0.325 e. The summed E-state index contributed by atoms with van der Waals surface area (Å²) >= 11 is 0. The van der Waals surface area contributed by atoms with Crippen molar-refractivity contribution in [2.75, 3.05) is 39.5 Å². The first-order chi connectivity index (χ1) is 11.7. The van der Waals surface area contributed by atoms with E-state index in [-0.39, 0.29) is 19.4 Å². The molecule has 9 nitrogen and oxygen atoms in total. The van der Waals surface area contributed by atoms with E-state index in [1.54, 1.807) is 0 Å². The Morgan fingerprint density at radius 2 is 0.958 bits per heavy atom. The lowest BCUT2D eigenvalue weighted by molar-refractivity contribution is 0.209. The van der Waals surface area contributed by atoms with Crippen LogP contribution >= 0.6 is 0 Å². The molecular formula is C15H22N8O. The number of nitrogens with one attached hydrogen (secondary N) is 2. The largest absolute Gasteiger partial charge is 0.325 e. The molecule has 0 aromatic heterocycles. The fourth-order valence-electron chi connectivity index (χ4n) is 1.80. The van der Waals surface area contributed by atoms with Crippen LogP contribution in [-0.4, -0.2) is 55.3 Å². The zero-order valence-electron chi connectivity index (χ0n) is 13.7. The second kappa shape index (κ2) is 15.1. The molecule has 0 heterocycles. The van der Waals surface area contributed by atoms with Gasteiger partial charge in [-0.1, -0.05) is 0 Å². The van der Waals surface area contributed by atoms with Crippen molar-refractivity contribution in [2.24, 2.45) is 0 Å². The molecule has 0 aromatic carbocycles. The van der Waals surface area contributed by atoms with Gasteiger partial charge in [0, 0.05) is 51.9 Å². The predicted octanol–water partition coefficient (Wildman–Crippen LogP) is 0.459. The minimum atomic E-state index is -0.382. The smallest absolute Gasteiger partial charge is 0.316 e. The van der Waals surface area contributed by atoms with Crippen molar-refractivity contribution >= 4 is 6.03 Å². The minimum absolute atomic E-state index is 0.242. The molecule has 0 aromatic rings. The Balaban J connectivity index is 4.19. The highest BCUT2D eigenvalue weighted by Crippen LogP contribution is 1.93. The lowest BCUT2D eigenvalue weighted by Crippen LogP contribution is -2.47. The monoisotopic (exact) mass is 330 g/mol. The molecule has 0 aliphatic carbocycles. The molecule has 0 aliphatic rings. The number of urea groups is 1. The van der Waals surface area contributed by atoms with Crippen LogP contribution in [0.1, 0.15) is 25.7 Å². The molecule has 24 heavy (non-hydrogen) atoms. The first kappa shape index (κ1) is 21.1. The Morgan fingerprint density at radius 1 is 0.667 bits per heavy atom. The number of hydrogen-bond donors (Lipinski definition) is 2. The maximum atomic E-state index is 11.8. The average molecular weight is 330 g/mol. The average Bonchev–Trinajstić information content (AvgIpc) is 2.60. The molecule has 0 aliphatic heterocycles. The van der Waals surface area contributed by atoms with Gasteiger partial charge in [0.2, 0.25) is 0 Å². The molecule has 0 radical (unpaired) electrons. The van der Waals surface area contributed by atoms with Crippen LogP contribution < -0.4 is 10.6 Å². The highest BCUT2D eigenvalue weighted by molar-refractivity contribution is 5.73. The van der Waals surface area contributed by atoms with Gasteiger partial charge < -0.3 is 10.6 Å². The van der Waals surface area contributed by atoms with Gasteiger partial charge in [-0.25, -0.2) is 4.79 Å². The fourth-order valence-corrected chi connectivity index (χ4v) is 1.80. The highest BCUT2D eigenvalue weighted by Gasteiger charge is 2.09. The van der Waals surface area contributed by atoms with Gasteiger partial charge in [0.25, 0.3) is 0 Å². The molecule has 128 valence electrons. The fraction of sp³-hybridized carbons (Fsp3) is 0.667. The van der Waals surface area contributed by atoms with E-state index in [4.69, 9.17) is 21.0 Å². The third-order valence-corrected chi connectivity index (χ3v) is 3.09. The Morgan fingerprint density at radius 3 is 1.21 bits per heavy atom. The first-order valence-electron chi connectivity index (χ1n) is 7.62. The van der Waals surface area contributed by atoms with Gasteiger partial charge in [-0.15, -0.1) is 0 Å². The van der Waals surface area contributed by atoms with Crippen molar-refractivity contribution in [3.63, 3.8) is 0 Å². The van der Waals surface area contributed by atoms with E-state index in [1.807, 2.05) is 34.1 Å². The summed E-state index contributed by atoms with van der Waals surface area (Å²) in [5.41, 5.74) is 0. The van der Waals surface area contributed by atoms with Gasteiger partial charge in [0.05, 0.1) is 37.6 Å². The molecular weight excluding hydrogens is 308 g/mol. The first-order valence-corrected chi connectivity index (χ1v) is 7.62. The summed E-state index contributed by atoms with van der Waals surface area (Å²) in [6.07, 6.45) is 1.30. The van der Waals surface area contributed by atoms with Crippen molar-refractivity contribution in [1.82, 2.24) is 20.4 Å². The van der Waals surface area contributed by atoms with Crippen LogP contribution in [0.4, 0.5) is 4.79 Å². The quantitative estimate of drug-likeness (QED) is 0.495. The second-order valence-electron chi connectivity index (χ2n) is 4.87. The van der Waals surface area contributed by atoms with Crippen LogP contribution in [0.5, 0.6) is 0 Å². The lowest BCUT2D eigenvalue weighted by atomic mass is 10.3. The molecule has 0 unspecified atom stereocenters. The van der Waals surface area contributed by atoms with E-state index in [0.29, 0.717) is 51.9 Å². The number of carbonyl (C=O) groups excluding carboxylic acids is 1. The van der Waals surface area contributed by atoms with E-state index in [2.05, 4.69) is 10.6 Å². The number of amides is 2. The second-order valence-corrected chi connectivity index (χ2v) is 4.87. The number of hydrogen-bond acceptors (Lipinski definition) is 7. The van der Waals surface area contributed by atoms with Gasteiger partial charge in [-0.2, -0.15) is 21.0 Å². The molecule has 0 spiro atoms. The van der Waals surface area contributed by atoms with E-state index >= 15 is 0 Å². The Hall–Kier alpha value is -2.85. The van der Waals surface area contributed by atoms with E-state index in [9.17, 15) is 4.79 Å². The molecule has 0 fully saturated rings. The van der Waals surface area contributed by atoms with Crippen LogP contribution in [0.2, 0.25) is 0 Å². The van der Waals surface area contributed by atoms with Gasteiger partial charge in [0.15, 0.2) is 0 Å². The number of nitriles is 4. The maximum Gasteiger partial charge on any atom is 0.316 e. The van der Waals surface area contributed by atoms with Crippen LogP contribution in [-0.2, 0) is 0 Å². The Bertz CT molecular complexity index is 440. The predicted molar refractivity (Wildman–Crippen MR) is 85.5 cm³/mol. The van der Waals surface area contributed by atoms with Crippen molar-refractivity contribution in [1.29, 1.82) is 21.0 Å². The number of nitrogens with zero attached hydrogens (tertiary/aromatic N) is 6. The van der Waals surface area contributed by atoms with Crippen molar-refractivity contribution in [2.45, 2.75) is 25.7 Å². The van der Waals surface area contributed by atoms with Gasteiger partial charge in [-0.05, 0) is 0 Å². The lowest BCUT2D eigenvalue weighted by Gasteiger charge is -2.22. The molecule has 2 N–H and O–H groups in total. The normalized spacial score (nSPS) is 9.58. The molecule has 0 saturated heterocycles. The van der Waals surface area contributed by atoms with Crippen molar-refractivity contribution < 1.29 is 4.79 Å². The van der Waals surface area contributed by atoms with E-state index in [1.165, 1.54) is 0 Å². The summed E-state index contributed by atoms with van der Waals surface area (Å²) in [7, 11) is 0. The molecule has 9 heteroatoms. The summed E-state index contributed by atoms with van der Waals surface area (Å²) < 4.78 is 0. The van der Waals surface area contributed by atoms with Gasteiger partial charge >= 0.3 is 6.03 Å². The zero-order valence-corrected chi connectivity index (χ0v) is 13.7. The summed E-state index contributed by atoms with van der Waals surface area (Å²) in [6, 6.07) is 7.74. The summed E-state index contributed by atoms with van der Waals surface area (Å²) in [5, 5.41) is 39.8. The summed E-state index contributed by atoms with van der Waals surface area (Å²) in [6.45, 7) is 2.41. The van der Waals surface area contributed by atoms with Crippen molar-refractivity contribution in [3.8, 4) is 24.3 Å². The molecule has 0 atom stereocenters. The third kappa shape index (κ3) is 11.8. The molecule has 0 rings (SSSR count).